The molecule has 3 aromatic heterocycles. The molecule has 34 heavy (non-hydrogen) atoms. The number of aryl methyl sites for hydroxylation is 1. The van der Waals surface area contributed by atoms with Gasteiger partial charge in [0.1, 0.15) is 29.6 Å². The minimum Gasteiger partial charge on any atom is -0.383 e. The second kappa shape index (κ2) is 8.74. The predicted molar refractivity (Wildman–Crippen MR) is 134 cm³/mol. The van der Waals surface area contributed by atoms with Gasteiger partial charge in [0.15, 0.2) is 0 Å². The van der Waals surface area contributed by atoms with Gasteiger partial charge < -0.3 is 16.4 Å². The number of halogens is 1. The van der Waals surface area contributed by atoms with Crippen LogP contribution in [0, 0.1) is 12.7 Å². The van der Waals surface area contributed by atoms with Gasteiger partial charge in [-0.05, 0) is 42.8 Å². The first-order chi connectivity index (χ1) is 16.5. The van der Waals surface area contributed by atoms with Gasteiger partial charge in [-0.25, -0.2) is 24.3 Å². The molecule has 8 heteroatoms. The van der Waals surface area contributed by atoms with Crippen molar-refractivity contribution in [3.63, 3.8) is 0 Å². The smallest absolute Gasteiger partial charge is 0.139 e. The van der Waals surface area contributed by atoms with Crippen LogP contribution in [0.3, 0.4) is 0 Å². The van der Waals surface area contributed by atoms with Crippen molar-refractivity contribution in [2.45, 2.75) is 6.92 Å². The number of hydrogen-bond acceptors (Lipinski definition) is 7. The van der Waals surface area contributed by atoms with E-state index in [1.165, 1.54) is 18.5 Å². The Balaban J connectivity index is 1.66. The Hall–Kier alpha value is -4.59. The molecule has 0 radical (unpaired) electrons. The fourth-order valence-corrected chi connectivity index (χ4v) is 3.89. The van der Waals surface area contributed by atoms with Gasteiger partial charge in [0.25, 0.3) is 0 Å². The lowest BCUT2D eigenvalue weighted by molar-refractivity contribution is 0.628. The van der Waals surface area contributed by atoms with Crippen LogP contribution >= 0.6 is 0 Å². The molecule has 0 aliphatic rings. The van der Waals surface area contributed by atoms with Crippen LogP contribution in [-0.2, 0) is 0 Å². The lowest BCUT2D eigenvalue weighted by Gasteiger charge is -2.17. The zero-order valence-electron chi connectivity index (χ0n) is 18.7. The van der Waals surface area contributed by atoms with Crippen LogP contribution in [0.15, 0.2) is 73.2 Å². The average Bonchev–Trinajstić information content (AvgIpc) is 2.86. The minimum atomic E-state index is -0.329. The fraction of sp³-hybridized carbons (Fsp3) is 0.0769. The fourth-order valence-electron chi connectivity index (χ4n) is 3.89. The van der Waals surface area contributed by atoms with Gasteiger partial charge in [0, 0.05) is 41.2 Å². The Kier molecular flexibility index (Phi) is 5.47. The number of nitrogens with two attached hydrogens (primary N) is 1. The first kappa shape index (κ1) is 21.3. The Labute approximate surface area is 195 Å². The predicted octanol–water partition coefficient (Wildman–Crippen LogP) is 5.57. The maximum atomic E-state index is 13.9. The largest absolute Gasteiger partial charge is 0.383 e. The van der Waals surface area contributed by atoms with E-state index in [0.29, 0.717) is 28.7 Å². The van der Waals surface area contributed by atoms with E-state index in [0.717, 1.165) is 33.3 Å². The highest BCUT2D eigenvalue weighted by molar-refractivity contribution is 6.04. The van der Waals surface area contributed by atoms with Gasteiger partial charge >= 0.3 is 0 Å². The zero-order chi connectivity index (χ0) is 23.7. The van der Waals surface area contributed by atoms with E-state index in [1.54, 1.807) is 12.3 Å². The summed E-state index contributed by atoms with van der Waals surface area (Å²) in [5.41, 5.74) is 11.0. The number of nitrogens with one attached hydrogen (secondary N) is 2. The van der Waals surface area contributed by atoms with Gasteiger partial charge in [0.2, 0.25) is 0 Å². The highest BCUT2D eigenvalue weighted by atomic mass is 19.1. The molecule has 0 amide bonds. The molecule has 5 aromatic rings. The summed E-state index contributed by atoms with van der Waals surface area (Å²) in [5, 5.41) is 8.18. The maximum Gasteiger partial charge on any atom is 0.139 e. The third kappa shape index (κ3) is 3.97. The number of fused-ring (bicyclic) bond motifs is 1. The van der Waals surface area contributed by atoms with Crippen molar-refractivity contribution in [1.82, 2.24) is 19.9 Å². The zero-order valence-corrected chi connectivity index (χ0v) is 18.7. The third-order valence-electron chi connectivity index (χ3n) is 5.62. The molecule has 0 aliphatic heterocycles. The van der Waals surface area contributed by atoms with E-state index >= 15 is 0 Å². The summed E-state index contributed by atoms with van der Waals surface area (Å²) < 4.78 is 13.9. The number of anilines is 4. The summed E-state index contributed by atoms with van der Waals surface area (Å²) in [6.45, 7) is 2.01. The van der Waals surface area contributed by atoms with Crippen molar-refractivity contribution in [3.8, 4) is 22.5 Å². The molecule has 2 aromatic carbocycles. The van der Waals surface area contributed by atoms with E-state index in [2.05, 4.69) is 30.6 Å². The van der Waals surface area contributed by atoms with Crippen LogP contribution in [0.2, 0.25) is 0 Å². The highest BCUT2D eigenvalue weighted by Crippen LogP contribution is 2.36. The summed E-state index contributed by atoms with van der Waals surface area (Å²) in [4.78, 5) is 17.7. The second-order valence-corrected chi connectivity index (χ2v) is 7.82. The van der Waals surface area contributed by atoms with Crippen molar-refractivity contribution < 1.29 is 4.39 Å². The maximum absolute atomic E-state index is 13.9. The molecule has 5 rings (SSSR count). The number of hydrogen-bond donors (Lipinski definition) is 3. The molecule has 0 saturated carbocycles. The van der Waals surface area contributed by atoms with Crippen molar-refractivity contribution in [1.29, 1.82) is 0 Å². The molecule has 0 spiro atoms. The monoisotopic (exact) mass is 451 g/mol. The summed E-state index contributed by atoms with van der Waals surface area (Å²) in [5.74, 6) is 1.39. The minimum absolute atomic E-state index is 0.329. The first-order valence-electron chi connectivity index (χ1n) is 10.7. The lowest BCUT2D eigenvalue weighted by Crippen LogP contribution is -2.02. The van der Waals surface area contributed by atoms with Crippen molar-refractivity contribution in [2.24, 2.45) is 0 Å². The van der Waals surface area contributed by atoms with Crippen molar-refractivity contribution >= 4 is 33.9 Å². The molecular formula is C26H22FN7. The summed E-state index contributed by atoms with van der Waals surface area (Å²) in [6, 6.07) is 17.8. The number of aromatic nitrogens is 4. The van der Waals surface area contributed by atoms with Gasteiger partial charge in [-0.3, -0.25) is 0 Å². The molecule has 168 valence electrons. The molecule has 0 unspecified atom stereocenters. The van der Waals surface area contributed by atoms with Crippen molar-refractivity contribution in [2.75, 3.05) is 23.4 Å². The van der Waals surface area contributed by atoms with Crippen LogP contribution in [0.25, 0.3) is 33.3 Å². The molecule has 0 saturated heterocycles. The van der Waals surface area contributed by atoms with E-state index < -0.39 is 0 Å². The Morgan fingerprint density at radius 1 is 0.882 bits per heavy atom. The van der Waals surface area contributed by atoms with Gasteiger partial charge in [0.05, 0.1) is 17.1 Å². The molecule has 0 aliphatic carbocycles. The van der Waals surface area contributed by atoms with Crippen LogP contribution in [0.4, 0.5) is 27.5 Å². The molecular weight excluding hydrogens is 429 g/mol. The Morgan fingerprint density at radius 3 is 2.59 bits per heavy atom. The summed E-state index contributed by atoms with van der Waals surface area (Å²) >= 11 is 0. The number of nitrogen functional groups attached to an aromatic ring is 1. The molecule has 0 fully saturated rings. The number of benzene rings is 2. The Morgan fingerprint density at radius 2 is 1.76 bits per heavy atom. The average molecular weight is 452 g/mol. The van der Waals surface area contributed by atoms with Gasteiger partial charge in [-0.15, -0.1) is 0 Å². The molecule has 0 bridgehead atoms. The molecule has 0 atom stereocenters. The molecule has 4 N–H and O–H groups in total. The lowest BCUT2D eigenvalue weighted by atomic mass is 10.0. The van der Waals surface area contributed by atoms with Crippen LogP contribution in [0.1, 0.15) is 5.56 Å². The number of rotatable bonds is 5. The third-order valence-corrected chi connectivity index (χ3v) is 5.62. The van der Waals surface area contributed by atoms with Crippen molar-refractivity contribution in [3.05, 3.63) is 84.6 Å². The van der Waals surface area contributed by atoms with Crippen LogP contribution in [0.5, 0.6) is 0 Å². The standard InChI is InChI=1S/C26H22FN7/c1-15-8-9-18-20(12-21(33-25(18)28)16-5-3-6-17(27)11-16)24(15)34-26-19(7-4-10-30-26)22-13-23(29-2)32-14-31-22/h3-14H,1-2H3,(H2,28,33)(H,30,34)(H,29,31,32). The van der Waals surface area contributed by atoms with Gasteiger partial charge in [-0.1, -0.05) is 24.3 Å². The summed E-state index contributed by atoms with van der Waals surface area (Å²) in [6.07, 6.45) is 3.24. The van der Waals surface area contributed by atoms with E-state index in [-0.39, 0.29) is 5.82 Å². The first-order valence-corrected chi connectivity index (χ1v) is 10.7. The molecule has 7 nitrogen and oxygen atoms in total. The number of pyridine rings is 2. The quantitative estimate of drug-likeness (QED) is 0.321. The number of nitrogens with zero attached hydrogens (tertiary/aromatic N) is 4. The van der Waals surface area contributed by atoms with Crippen LogP contribution < -0.4 is 16.4 Å². The van der Waals surface area contributed by atoms with Gasteiger partial charge in [-0.2, -0.15) is 0 Å². The summed E-state index contributed by atoms with van der Waals surface area (Å²) in [7, 11) is 1.81. The SMILES string of the molecule is CNc1cc(-c2cccnc2Nc2c(C)ccc3c(N)nc(-c4cccc(F)c4)cc23)ncn1. The van der Waals surface area contributed by atoms with Crippen LogP contribution in [-0.4, -0.2) is 27.0 Å². The topological polar surface area (TPSA) is 102 Å². The van der Waals surface area contributed by atoms with E-state index in [4.69, 9.17) is 5.73 Å². The highest BCUT2D eigenvalue weighted by Gasteiger charge is 2.15. The van der Waals surface area contributed by atoms with E-state index in [1.807, 2.05) is 56.4 Å². The second-order valence-electron chi connectivity index (χ2n) is 7.82. The normalized spacial score (nSPS) is 10.9. The Bertz CT molecular complexity index is 1520. The molecule has 3 heterocycles. The van der Waals surface area contributed by atoms with E-state index in [9.17, 15) is 4.39 Å².